The third-order valence-electron chi connectivity index (χ3n) is 2.77. The summed E-state index contributed by atoms with van der Waals surface area (Å²) in [4.78, 5) is 5.82. The third kappa shape index (κ3) is 3.23. The molecule has 0 aliphatic heterocycles. The number of benzene rings is 1. The van der Waals surface area contributed by atoms with Crippen LogP contribution in [0.2, 0.25) is 0 Å². The molecule has 94 valence electrons. The fourth-order valence-corrected chi connectivity index (χ4v) is 3.12. The van der Waals surface area contributed by atoms with Crippen molar-refractivity contribution >= 4 is 28.4 Å². The molecule has 1 N–H and O–H groups in total. The van der Waals surface area contributed by atoms with E-state index in [4.69, 9.17) is 0 Å². The molecule has 1 aliphatic rings. The molecule has 5 heteroatoms. The van der Waals surface area contributed by atoms with Gasteiger partial charge in [-0.15, -0.1) is 11.8 Å². The molecule has 0 radical (unpaired) electrons. The first-order chi connectivity index (χ1) is 8.92. The van der Waals surface area contributed by atoms with Crippen molar-refractivity contribution < 1.29 is 0 Å². The van der Waals surface area contributed by atoms with Crippen molar-refractivity contribution in [3.8, 4) is 0 Å². The van der Waals surface area contributed by atoms with E-state index >= 15 is 0 Å². The van der Waals surface area contributed by atoms with E-state index in [2.05, 4.69) is 38.9 Å². The van der Waals surface area contributed by atoms with E-state index in [1.165, 1.54) is 29.3 Å². The van der Waals surface area contributed by atoms with Crippen molar-refractivity contribution in [3.05, 3.63) is 36.2 Å². The number of hydrogen-bond donors (Lipinski definition) is 1. The Morgan fingerprint density at radius 3 is 2.89 bits per heavy atom. The Bertz CT molecular complexity index is 494. The number of aromatic nitrogens is 2. The second-order valence-electron chi connectivity index (χ2n) is 4.32. The molecule has 1 heterocycles. The molecule has 3 nitrogen and oxygen atoms in total. The molecule has 0 amide bonds. The molecule has 0 unspecified atom stereocenters. The monoisotopic (exact) mass is 277 g/mol. The molecule has 0 bridgehead atoms. The predicted octanol–water partition coefficient (Wildman–Crippen LogP) is 3.62. The summed E-state index contributed by atoms with van der Waals surface area (Å²) in [6.45, 7) is 0.929. The maximum absolute atomic E-state index is 4.50. The van der Waals surface area contributed by atoms with Gasteiger partial charge in [0.25, 0.3) is 0 Å². The summed E-state index contributed by atoms with van der Waals surface area (Å²) in [5, 5.41) is 4.31. The van der Waals surface area contributed by atoms with Gasteiger partial charge in [0.2, 0.25) is 5.13 Å². The topological polar surface area (TPSA) is 37.8 Å². The van der Waals surface area contributed by atoms with Gasteiger partial charge in [-0.1, -0.05) is 18.2 Å². The number of rotatable bonds is 6. The fraction of sp³-hybridized carbons (Fsp3) is 0.385. The van der Waals surface area contributed by atoms with Gasteiger partial charge < -0.3 is 5.32 Å². The van der Waals surface area contributed by atoms with Crippen molar-refractivity contribution in [3.63, 3.8) is 0 Å². The minimum atomic E-state index is 0.649. The zero-order valence-electron chi connectivity index (χ0n) is 10.0. The first kappa shape index (κ1) is 12.0. The Labute approximate surface area is 115 Å². The van der Waals surface area contributed by atoms with E-state index in [1.807, 2.05) is 17.8 Å². The second kappa shape index (κ2) is 5.71. The number of anilines is 1. The number of thioether (sulfide) groups is 1. The summed E-state index contributed by atoms with van der Waals surface area (Å²) in [5.74, 6) is 2.73. The average molecular weight is 277 g/mol. The van der Waals surface area contributed by atoms with Crippen LogP contribution in [0.4, 0.5) is 5.13 Å². The molecule has 0 saturated heterocycles. The molecule has 1 fully saturated rings. The first-order valence-electron chi connectivity index (χ1n) is 6.17. The molecule has 3 rings (SSSR count). The maximum Gasteiger partial charge on any atom is 0.202 e. The van der Waals surface area contributed by atoms with Gasteiger partial charge in [0.1, 0.15) is 5.82 Å². The van der Waals surface area contributed by atoms with Crippen LogP contribution in [0.15, 0.2) is 35.2 Å². The fourth-order valence-electron chi connectivity index (χ4n) is 1.66. The Kier molecular flexibility index (Phi) is 3.81. The largest absolute Gasteiger partial charge is 0.359 e. The van der Waals surface area contributed by atoms with Gasteiger partial charge >= 0.3 is 0 Å². The molecule has 2 aromatic rings. The molecule has 0 atom stereocenters. The maximum atomic E-state index is 4.50. The van der Waals surface area contributed by atoms with Gasteiger partial charge in [-0.3, -0.25) is 0 Å². The predicted molar refractivity (Wildman–Crippen MR) is 77.5 cm³/mol. The second-order valence-corrected chi connectivity index (χ2v) is 6.24. The number of hydrogen-bond acceptors (Lipinski definition) is 5. The van der Waals surface area contributed by atoms with Crippen LogP contribution in [-0.2, 0) is 0 Å². The number of nitrogens with one attached hydrogen (secondary N) is 1. The zero-order valence-corrected chi connectivity index (χ0v) is 11.6. The Morgan fingerprint density at radius 2 is 2.11 bits per heavy atom. The van der Waals surface area contributed by atoms with Crippen molar-refractivity contribution in [2.45, 2.75) is 23.7 Å². The van der Waals surface area contributed by atoms with Gasteiger partial charge in [-0.25, -0.2) is 4.98 Å². The Hall–Kier alpha value is -1.07. The zero-order chi connectivity index (χ0) is 12.2. The summed E-state index contributed by atoms with van der Waals surface area (Å²) in [5.41, 5.74) is 0. The van der Waals surface area contributed by atoms with Crippen molar-refractivity contribution in [1.82, 2.24) is 9.36 Å². The van der Waals surface area contributed by atoms with E-state index < -0.39 is 0 Å². The van der Waals surface area contributed by atoms with E-state index in [0.717, 1.165) is 23.3 Å². The summed E-state index contributed by atoms with van der Waals surface area (Å²) in [6, 6.07) is 10.5. The van der Waals surface area contributed by atoms with Gasteiger partial charge in [0, 0.05) is 34.6 Å². The van der Waals surface area contributed by atoms with Gasteiger partial charge in [-0.05, 0) is 25.0 Å². The lowest BCUT2D eigenvalue weighted by Gasteiger charge is -2.02. The molecular formula is C13H15N3S2. The van der Waals surface area contributed by atoms with Crippen molar-refractivity contribution in [1.29, 1.82) is 0 Å². The highest BCUT2D eigenvalue weighted by Crippen LogP contribution is 2.39. The highest BCUT2D eigenvalue weighted by atomic mass is 32.2. The lowest BCUT2D eigenvalue weighted by atomic mass is 10.4. The van der Waals surface area contributed by atoms with Crippen LogP contribution in [0.3, 0.4) is 0 Å². The summed E-state index contributed by atoms with van der Waals surface area (Å²) in [7, 11) is 0. The lowest BCUT2D eigenvalue weighted by Crippen LogP contribution is -2.03. The van der Waals surface area contributed by atoms with Crippen LogP contribution in [0.25, 0.3) is 0 Å². The van der Waals surface area contributed by atoms with Crippen LogP contribution in [0, 0.1) is 0 Å². The summed E-state index contributed by atoms with van der Waals surface area (Å²) < 4.78 is 4.38. The molecule has 1 aliphatic carbocycles. The highest BCUT2D eigenvalue weighted by molar-refractivity contribution is 7.99. The molecule has 18 heavy (non-hydrogen) atoms. The summed E-state index contributed by atoms with van der Waals surface area (Å²) >= 11 is 3.34. The normalized spacial score (nSPS) is 14.7. The quantitative estimate of drug-likeness (QED) is 0.646. The molecule has 0 spiro atoms. The smallest absolute Gasteiger partial charge is 0.202 e. The minimum absolute atomic E-state index is 0.649. The molecule has 1 aromatic heterocycles. The van der Waals surface area contributed by atoms with Crippen molar-refractivity contribution in [2.24, 2.45) is 0 Å². The van der Waals surface area contributed by atoms with Gasteiger partial charge in [0.15, 0.2) is 0 Å². The van der Waals surface area contributed by atoms with E-state index in [0.29, 0.717) is 5.92 Å². The molecular weight excluding hydrogens is 262 g/mol. The Morgan fingerprint density at radius 1 is 1.28 bits per heavy atom. The summed E-state index contributed by atoms with van der Waals surface area (Å²) in [6.07, 6.45) is 2.53. The van der Waals surface area contributed by atoms with Crippen molar-refractivity contribution in [2.75, 3.05) is 17.6 Å². The lowest BCUT2D eigenvalue weighted by molar-refractivity contribution is 0.983. The van der Waals surface area contributed by atoms with Gasteiger partial charge in [0.05, 0.1) is 0 Å². The standard InChI is InChI=1S/C13H15N3S2/c1-2-4-11(5-3-1)17-9-8-14-13-15-12(16-18-13)10-6-7-10/h1-5,10H,6-9H2,(H,14,15,16). The minimum Gasteiger partial charge on any atom is -0.359 e. The van der Waals surface area contributed by atoms with E-state index in [1.54, 1.807) is 0 Å². The number of nitrogens with zero attached hydrogens (tertiary/aromatic N) is 2. The average Bonchev–Trinajstić information content (AvgIpc) is 3.16. The van der Waals surface area contributed by atoms with Crippen LogP contribution < -0.4 is 5.32 Å². The van der Waals surface area contributed by atoms with E-state index in [-0.39, 0.29) is 0 Å². The van der Waals surface area contributed by atoms with E-state index in [9.17, 15) is 0 Å². The molecule has 1 aromatic carbocycles. The molecule has 1 saturated carbocycles. The SMILES string of the molecule is c1ccc(SCCNc2nc(C3CC3)ns2)cc1. The Balaban J connectivity index is 1.41. The van der Waals surface area contributed by atoms with Crippen LogP contribution >= 0.6 is 23.3 Å². The van der Waals surface area contributed by atoms with Crippen LogP contribution in [-0.4, -0.2) is 21.7 Å². The van der Waals surface area contributed by atoms with Crippen LogP contribution in [0.1, 0.15) is 24.6 Å². The van der Waals surface area contributed by atoms with Crippen LogP contribution in [0.5, 0.6) is 0 Å². The first-order valence-corrected chi connectivity index (χ1v) is 7.93. The third-order valence-corrected chi connectivity index (χ3v) is 4.48. The van der Waals surface area contributed by atoms with Gasteiger partial charge in [-0.2, -0.15) is 4.37 Å². The highest BCUT2D eigenvalue weighted by Gasteiger charge is 2.27.